The fourth-order valence-corrected chi connectivity index (χ4v) is 3.16. The molecule has 0 bridgehead atoms. The molecule has 4 nitrogen and oxygen atoms in total. The largest absolute Gasteiger partial charge is 0.368 e. The molecule has 2 N–H and O–H groups in total. The summed E-state index contributed by atoms with van der Waals surface area (Å²) in [6, 6.07) is 0.608. The van der Waals surface area contributed by atoms with E-state index in [0.717, 1.165) is 19.5 Å². The van der Waals surface area contributed by atoms with Gasteiger partial charge in [-0.2, -0.15) is 0 Å². The van der Waals surface area contributed by atoms with Crippen LogP contribution in [0.3, 0.4) is 0 Å². The second-order valence-corrected chi connectivity index (χ2v) is 5.01. The van der Waals surface area contributed by atoms with Gasteiger partial charge in [0.25, 0.3) is 0 Å². The van der Waals surface area contributed by atoms with Crippen LogP contribution in [0, 0.1) is 0 Å². The lowest BCUT2D eigenvalue weighted by Crippen LogP contribution is -2.47. The second-order valence-electron chi connectivity index (χ2n) is 5.01. The number of nitrogens with zero attached hydrogens (tertiary/aromatic N) is 2. The summed E-state index contributed by atoms with van der Waals surface area (Å²) in [5, 5.41) is 0. The number of primary amides is 1. The molecule has 2 saturated heterocycles. The number of rotatable bonds is 3. The van der Waals surface area contributed by atoms with Gasteiger partial charge in [-0.15, -0.1) is 0 Å². The van der Waals surface area contributed by atoms with Gasteiger partial charge in [0.05, 0.1) is 6.04 Å². The van der Waals surface area contributed by atoms with Gasteiger partial charge >= 0.3 is 0 Å². The van der Waals surface area contributed by atoms with Crippen LogP contribution in [0.5, 0.6) is 0 Å². The molecule has 0 aromatic rings. The zero-order valence-electron chi connectivity index (χ0n) is 10.2. The molecule has 16 heavy (non-hydrogen) atoms. The average Bonchev–Trinajstić information content (AvgIpc) is 2.58. The predicted molar refractivity (Wildman–Crippen MR) is 64.1 cm³/mol. The first-order chi connectivity index (χ1) is 7.72. The van der Waals surface area contributed by atoms with Gasteiger partial charge in [0.2, 0.25) is 5.91 Å². The molecule has 2 rings (SSSR count). The van der Waals surface area contributed by atoms with Crippen LogP contribution >= 0.6 is 0 Å². The van der Waals surface area contributed by atoms with E-state index in [1.807, 2.05) is 6.92 Å². The third-order valence-electron chi connectivity index (χ3n) is 3.99. The van der Waals surface area contributed by atoms with Crippen LogP contribution in [-0.4, -0.2) is 54.0 Å². The molecule has 2 aliphatic heterocycles. The van der Waals surface area contributed by atoms with Crippen molar-refractivity contribution in [2.24, 2.45) is 5.73 Å². The molecular formula is C12H23N3O. The molecular weight excluding hydrogens is 202 g/mol. The minimum atomic E-state index is -0.158. The van der Waals surface area contributed by atoms with Crippen molar-refractivity contribution in [1.82, 2.24) is 9.80 Å². The van der Waals surface area contributed by atoms with Crippen molar-refractivity contribution in [3.63, 3.8) is 0 Å². The molecule has 0 aliphatic carbocycles. The normalized spacial score (nSPS) is 29.7. The van der Waals surface area contributed by atoms with Crippen LogP contribution < -0.4 is 5.73 Å². The Morgan fingerprint density at radius 3 is 2.81 bits per heavy atom. The van der Waals surface area contributed by atoms with E-state index >= 15 is 0 Å². The van der Waals surface area contributed by atoms with Gasteiger partial charge < -0.3 is 5.73 Å². The third kappa shape index (κ3) is 2.38. The van der Waals surface area contributed by atoms with Crippen LogP contribution in [0.25, 0.3) is 0 Å². The maximum absolute atomic E-state index is 11.4. The van der Waals surface area contributed by atoms with E-state index in [4.69, 9.17) is 5.73 Å². The Morgan fingerprint density at radius 1 is 1.38 bits per heavy atom. The fraction of sp³-hybridized carbons (Fsp3) is 0.917. The summed E-state index contributed by atoms with van der Waals surface area (Å²) in [5.41, 5.74) is 5.47. The van der Waals surface area contributed by atoms with Gasteiger partial charge in [-0.25, -0.2) is 0 Å². The highest BCUT2D eigenvalue weighted by molar-refractivity contribution is 5.79. The van der Waals surface area contributed by atoms with Crippen molar-refractivity contribution in [3.8, 4) is 0 Å². The van der Waals surface area contributed by atoms with E-state index in [-0.39, 0.29) is 11.9 Å². The van der Waals surface area contributed by atoms with Crippen molar-refractivity contribution in [2.75, 3.05) is 26.2 Å². The van der Waals surface area contributed by atoms with E-state index < -0.39 is 0 Å². The Morgan fingerprint density at radius 2 is 2.12 bits per heavy atom. The fourth-order valence-electron chi connectivity index (χ4n) is 3.16. The van der Waals surface area contributed by atoms with Gasteiger partial charge in [-0.05, 0) is 38.8 Å². The summed E-state index contributed by atoms with van der Waals surface area (Å²) in [7, 11) is 0. The summed E-state index contributed by atoms with van der Waals surface area (Å²) in [4.78, 5) is 16.3. The van der Waals surface area contributed by atoms with Gasteiger partial charge in [-0.3, -0.25) is 14.6 Å². The molecule has 2 aliphatic rings. The summed E-state index contributed by atoms with van der Waals surface area (Å²) in [6.45, 7) is 6.53. The molecule has 0 spiro atoms. The van der Waals surface area contributed by atoms with E-state index in [2.05, 4.69) is 9.80 Å². The number of amides is 1. The average molecular weight is 225 g/mol. The quantitative estimate of drug-likeness (QED) is 0.757. The maximum Gasteiger partial charge on any atom is 0.234 e. The first kappa shape index (κ1) is 11.9. The van der Waals surface area contributed by atoms with Crippen molar-refractivity contribution < 1.29 is 4.79 Å². The molecule has 0 radical (unpaired) electrons. The van der Waals surface area contributed by atoms with E-state index in [0.29, 0.717) is 6.04 Å². The van der Waals surface area contributed by atoms with Gasteiger partial charge in [0.1, 0.15) is 0 Å². The Balaban J connectivity index is 2.01. The Kier molecular flexibility index (Phi) is 3.82. The van der Waals surface area contributed by atoms with Crippen LogP contribution in [0.2, 0.25) is 0 Å². The van der Waals surface area contributed by atoms with Crippen molar-refractivity contribution in [2.45, 2.75) is 44.7 Å². The lowest BCUT2D eigenvalue weighted by Gasteiger charge is -2.30. The third-order valence-corrected chi connectivity index (χ3v) is 3.99. The molecule has 0 saturated carbocycles. The predicted octanol–water partition coefficient (Wildman–Crippen LogP) is 0.420. The highest BCUT2D eigenvalue weighted by atomic mass is 16.1. The van der Waals surface area contributed by atoms with Crippen molar-refractivity contribution in [1.29, 1.82) is 0 Å². The van der Waals surface area contributed by atoms with Gasteiger partial charge in [0.15, 0.2) is 0 Å². The molecule has 92 valence electrons. The molecule has 2 unspecified atom stereocenters. The summed E-state index contributed by atoms with van der Waals surface area (Å²) in [5.74, 6) is -0.158. The monoisotopic (exact) mass is 225 g/mol. The van der Waals surface area contributed by atoms with Crippen molar-refractivity contribution >= 4 is 5.91 Å². The van der Waals surface area contributed by atoms with E-state index in [1.165, 1.54) is 32.4 Å². The van der Waals surface area contributed by atoms with Crippen molar-refractivity contribution in [3.05, 3.63) is 0 Å². The number of hydrogen-bond donors (Lipinski definition) is 1. The minimum Gasteiger partial charge on any atom is -0.368 e. The van der Waals surface area contributed by atoms with Crippen LogP contribution in [-0.2, 0) is 4.79 Å². The molecule has 2 atom stereocenters. The topological polar surface area (TPSA) is 49.6 Å². The minimum absolute atomic E-state index is 0.0550. The Bertz CT molecular complexity index is 257. The summed E-state index contributed by atoms with van der Waals surface area (Å²) in [6.07, 6.45) is 4.60. The SMILES string of the molecule is CCC(C(N)=O)N1CCCN2CCCC2C1. The first-order valence-electron chi connectivity index (χ1n) is 6.49. The Hall–Kier alpha value is -0.610. The summed E-state index contributed by atoms with van der Waals surface area (Å²) < 4.78 is 0. The highest BCUT2D eigenvalue weighted by Crippen LogP contribution is 2.22. The lowest BCUT2D eigenvalue weighted by molar-refractivity contribution is -0.123. The van der Waals surface area contributed by atoms with Gasteiger partial charge in [-0.1, -0.05) is 6.92 Å². The maximum atomic E-state index is 11.4. The number of carbonyl (C=O) groups is 1. The first-order valence-corrected chi connectivity index (χ1v) is 6.49. The number of nitrogens with two attached hydrogens (primary N) is 1. The van der Waals surface area contributed by atoms with Crippen LogP contribution in [0.1, 0.15) is 32.6 Å². The van der Waals surface area contributed by atoms with Crippen LogP contribution in [0.15, 0.2) is 0 Å². The summed E-state index contributed by atoms with van der Waals surface area (Å²) >= 11 is 0. The second kappa shape index (κ2) is 5.15. The lowest BCUT2D eigenvalue weighted by atomic mass is 10.1. The zero-order chi connectivity index (χ0) is 11.5. The highest BCUT2D eigenvalue weighted by Gasteiger charge is 2.32. The van der Waals surface area contributed by atoms with Gasteiger partial charge in [0, 0.05) is 19.1 Å². The standard InChI is InChI=1S/C12H23N3O/c1-2-11(12(13)16)15-8-4-7-14-6-3-5-10(14)9-15/h10-11H,2-9H2,1H3,(H2,13,16). The Labute approximate surface area is 97.8 Å². The van der Waals surface area contributed by atoms with E-state index in [9.17, 15) is 4.79 Å². The smallest absolute Gasteiger partial charge is 0.234 e. The molecule has 0 aromatic heterocycles. The van der Waals surface area contributed by atoms with Crippen LogP contribution in [0.4, 0.5) is 0 Å². The molecule has 2 fully saturated rings. The number of hydrogen-bond acceptors (Lipinski definition) is 3. The number of carbonyl (C=O) groups excluding carboxylic acids is 1. The number of fused-ring (bicyclic) bond motifs is 1. The molecule has 2 heterocycles. The van der Waals surface area contributed by atoms with E-state index in [1.54, 1.807) is 0 Å². The molecule has 4 heteroatoms. The zero-order valence-corrected chi connectivity index (χ0v) is 10.2. The molecule has 1 amide bonds. The molecule has 0 aromatic carbocycles.